The van der Waals surface area contributed by atoms with E-state index in [0.29, 0.717) is 0 Å². The smallest absolute Gasteiger partial charge is 0.150 e. The van der Waals surface area contributed by atoms with E-state index >= 15 is 0 Å². The first-order valence-electron chi connectivity index (χ1n) is 5.76. The van der Waals surface area contributed by atoms with Crippen LogP contribution in [0.2, 0.25) is 0 Å². The van der Waals surface area contributed by atoms with E-state index in [-0.39, 0.29) is 0 Å². The fourth-order valence-electron chi connectivity index (χ4n) is 2.23. The zero-order chi connectivity index (χ0) is 10.5. The number of piperidine rings is 1. The van der Waals surface area contributed by atoms with Gasteiger partial charge in [0.05, 0.1) is 13.1 Å². The first kappa shape index (κ1) is 10.4. The maximum absolute atomic E-state index is 10.5. The van der Waals surface area contributed by atoms with Gasteiger partial charge >= 0.3 is 0 Å². The number of carbonyl (C=O) groups excluding carboxylic acids is 1. The molecule has 0 saturated carbocycles. The van der Waals surface area contributed by atoms with Crippen LogP contribution in [0.15, 0.2) is 24.3 Å². The highest BCUT2D eigenvalue weighted by atomic mass is 16.1. The number of carbonyl (C=O) groups is 1. The average Bonchev–Trinajstić information content (AvgIpc) is 2.31. The van der Waals surface area contributed by atoms with Crippen LogP contribution >= 0.6 is 0 Å². The molecule has 2 nitrogen and oxygen atoms in total. The number of hydrogen-bond donors (Lipinski definition) is 1. The SMILES string of the molecule is O=Cc1ccc(C[NH+]2CCCCC2)cc1. The molecule has 1 aliphatic rings. The summed E-state index contributed by atoms with van der Waals surface area (Å²) in [6.07, 6.45) is 5.02. The monoisotopic (exact) mass is 204 g/mol. The quantitative estimate of drug-likeness (QED) is 0.731. The summed E-state index contributed by atoms with van der Waals surface area (Å²) in [5.41, 5.74) is 2.12. The number of hydrogen-bond acceptors (Lipinski definition) is 1. The highest BCUT2D eigenvalue weighted by molar-refractivity contribution is 5.74. The number of likely N-dealkylation sites (tertiary alicyclic amines) is 1. The van der Waals surface area contributed by atoms with Gasteiger partial charge in [0.1, 0.15) is 12.8 Å². The van der Waals surface area contributed by atoms with Gasteiger partial charge in [-0.25, -0.2) is 0 Å². The van der Waals surface area contributed by atoms with Crippen molar-refractivity contribution in [1.29, 1.82) is 0 Å². The van der Waals surface area contributed by atoms with Crippen LogP contribution in [0.3, 0.4) is 0 Å². The molecule has 2 rings (SSSR count). The molecule has 1 fully saturated rings. The van der Waals surface area contributed by atoms with Crippen molar-refractivity contribution in [2.75, 3.05) is 13.1 Å². The van der Waals surface area contributed by atoms with Crippen LogP contribution in [0.25, 0.3) is 0 Å². The Balaban J connectivity index is 1.94. The summed E-state index contributed by atoms with van der Waals surface area (Å²) < 4.78 is 0. The van der Waals surface area contributed by atoms with Crippen LogP contribution in [0.5, 0.6) is 0 Å². The van der Waals surface area contributed by atoms with E-state index in [1.165, 1.54) is 37.9 Å². The lowest BCUT2D eigenvalue weighted by atomic mass is 10.1. The lowest BCUT2D eigenvalue weighted by molar-refractivity contribution is -0.918. The van der Waals surface area contributed by atoms with Gasteiger partial charge in [0.2, 0.25) is 0 Å². The van der Waals surface area contributed by atoms with E-state index in [0.717, 1.165) is 18.4 Å². The number of quaternary nitrogens is 1. The number of rotatable bonds is 3. The van der Waals surface area contributed by atoms with E-state index < -0.39 is 0 Å². The summed E-state index contributed by atoms with van der Waals surface area (Å²) in [6.45, 7) is 3.71. The summed E-state index contributed by atoms with van der Waals surface area (Å²) >= 11 is 0. The van der Waals surface area contributed by atoms with Crippen molar-refractivity contribution < 1.29 is 9.69 Å². The van der Waals surface area contributed by atoms with Gasteiger partial charge in [0, 0.05) is 11.1 Å². The molecule has 0 unspecified atom stereocenters. The van der Waals surface area contributed by atoms with Crippen molar-refractivity contribution in [2.45, 2.75) is 25.8 Å². The Labute approximate surface area is 90.9 Å². The van der Waals surface area contributed by atoms with E-state index in [9.17, 15) is 4.79 Å². The van der Waals surface area contributed by atoms with E-state index in [1.54, 1.807) is 4.90 Å². The first-order valence-corrected chi connectivity index (χ1v) is 5.76. The van der Waals surface area contributed by atoms with Crippen LogP contribution in [0.4, 0.5) is 0 Å². The summed E-state index contributed by atoms with van der Waals surface area (Å²) in [5.74, 6) is 0. The van der Waals surface area contributed by atoms with Gasteiger partial charge in [-0.3, -0.25) is 4.79 Å². The third-order valence-electron chi connectivity index (χ3n) is 3.13. The normalized spacial score (nSPS) is 17.6. The summed E-state index contributed by atoms with van der Waals surface area (Å²) in [7, 11) is 0. The molecule has 1 N–H and O–H groups in total. The van der Waals surface area contributed by atoms with Gasteiger partial charge in [-0.05, 0) is 19.3 Å². The molecule has 0 aromatic heterocycles. The van der Waals surface area contributed by atoms with E-state index in [2.05, 4.69) is 12.1 Å². The number of nitrogens with one attached hydrogen (secondary N) is 1. The molecule has 0 radical (unpaired) electrons. The highest BCUT2D eigenvalue weighted by Crippen LogP contribution is 2.02. The van der Waals surface area contributed by atoms with Crippen LogP contribution < -0.4 is 4.90 Å². The lowest BCUT2D eigenvalue weighted by Gasteiger charge is -2.23. The molecule has 0 aliphatic carbocycles. The topological polar surface area (TPSA) is 21.5 Å². The first-order chi connectivity index (χ1) is 7.38. The second-order valence-corrected chi connectivity index (χ2v) is 4.35. The Morgan fingerprint density at radius 3 is 2.33 bits per heavy atom. The minimum absolute atomic E-state index is 0.771. The highest BCUT2D eigenvalue weighted by Gasteiger charge is 2.13. The molecule has 1 heterocycles. The molecule has 0 amide bonds. The Kier molecular flexibility index (Phi) is 3.51. The van der Waals surface area contributed by atoms with Gasteiger partial charge in [0.25, 0.3) is 0 Å². The number of benzene rings is 1. The minimum Gasteiger partial charge on any atom is -0.331 e. The second kappa shape index (κ2) is 5.08. The summed E-state index contributed by atoms with van der Waals surface area (Å²) in [6, 6.07) is 7.97. The third kappa shape index (κ3) is 2.90. The molecular weight excluding hydrogens is 186 g/mol. The molecule has 0 bridgehead atoms. The second-order valence-electron chi connectivity index (χ2n) is 4.35. The Morgan fingerprint density at radius 1 is 1.07 bits per heavy atom. The third-order valence-corrected chi connectivity index (χ3v) is 3.13. The van der Waals surface area contributed by atoms with Crippen LogP contribution in [0.1, 0.15) is 35.2 Å². The van der Waals surface area contributed by atoms with Crippen molar-refractivity contribution >= 4 is 6.29 Å². The maximum atomic E-state index is 10.5. The average molecular weight is 204 g/mol. The molecular formula is C13H18NO+. The van der Waals surface area contributed by atoms with Crippen LogP contribution in [-0.4, -0.2) is 19.4 Å². The van der Waals surface area contributed by atoms with Gasteiger partial charge < -0.3 is 4.90 Å². The maximum Gasteiger partial charge on any atom is 0.150 e. The van der Waals surface area contributed by atoms with Crippen molar-refractivity contribution in [3.63, 3.8) is 0 Å². The molecule has 1 aromatic rings. The fourth-order valence-corrected chi connectivity index (χ4v) is 2.23. The number of aldehydes is 1. The predicted molar refractivity (Wildman–Crippen MR) is 60.1 cm³/mol. The van der Waals surface area contributed by atoms with Gasteiger partial charge in [-0.1, -0.05) is 24.3 Å². The molecule has 1 aromatic carbocycles. The Bertz CT molecular complexity index is 312. The zero-order valence-electron chi connectivity index (χ0n) is 9.04. The van der Waals surface area contributed by atoms with Crippen molar-refractivity contribution in [1.82, 2.24) is 0 Å². The fraction of sp³-hybridized carbons (Fsp3) is 0.462. The van der Waals surface area contributed by atoms with Gasteiger partial charge in [-0.15, -0.1) is 0 Å². The molecule has 0 spiro atoms. The van der Waals surface area contributed by atoms with E-state index in [4.69, 9.17) is 0 Å². The predicted octanol–water partition coefficient (Wildman–Crippen LogP) is 1.07. The van der Waals surface area contributed by atoms with E-state index in [1.807, 2.05) is 12.1 Å². The van der Waals surface area contributed by atoms with Crippen LogP contribution in [0, 0.1) is 0 Å². The molecule has 2 heteroatoms. The van der Waals surface area contributed by atoms with Crippen LogP contribution in [-0.2, 0) is 6.54 Å². The Hall–Kier alpha value is -1.15. The van der Waals surface area contributed by atoms with Gasteiger partial charge in [0.15, 0.2) is 0 Å². The van der Waals surface area contributed by atoms with Crippen molar-refractivity contribution in [3.8, 4) is 0 Å². The minimum atomic E-state index is 0.771. The molecule has 1 saturated heterocycles. The molecule has 0 atom stereocenters. The summed E-state index contributed by atoms with van der Waals surface area (Å²) in [4.78, 5) is 12.2. The molecule has 1 aliphatic heterocycles. The standard InChI is InChI=1S/C13H17NO/c15-11-13-6-4-12(5-7-13)10-14-8-2-1-3-9-14/h4-7,11H,1-3,8-10H2/p+1. The van der Waals surface area contributed by atoms with Gasteiger partial charge in [-0.2, -0.15) is 0 Å². The molecule has 80 valence electrons. The molecule has 15 heavy (non-hydrogen) atoms. The van der Waals surface area contributed by atoms with Crippen molar-refractivity contribution in [2.24, 2.45) is 0 Å². The Morgan fingerprint density at radius 2 is 1.73 bits per heavy atom. The van der Waals surface area contributed by atoms with Crippen molar-refractivity contribution in [3.05, 3.63) is 35.4 Å². The lowest BCUT2D eigenvalue weighted by Crippen LogP contribution is -3.11. The zero-order valence-corrected chi connectivity index (χ0v) is 9.04. The largest absolute Gasteiger partial charge is 0.331 e. The summed E-state index contributed by atoms with van der Waals surface area (Å²) in [5, 5.41) is 0.